The van der Waals surface area contributed by atoms with Crippen molar-refractivity contribution in [1.29, 1.82) is 0 Å². The van der Waals surface area contributed by atoms with Crippen LogP contribution in [-0.4, -0.2) is 0 Å². The van der Waals surface area contributed by atoms with Gasteiger partial charge in [0, 0.05) is 61.9 Å². The van der Waals surface area contributed by atoms with Crippen LogP contribution in [0, 0.1) is 0 Å². The second-order valence-corrected chi connectivity index (χ2v) is 9.13. The smallest absolute Gasteiger partial charge is 0.0462 e. The van der Waals surface area contributed by atoms with Gasteiger partial charge in [0.25, 0.3) is 0 Å². The summed E-state index contributed by atoms with van der Waals surface area (Å²) in [6.07, 6.45) is 0. The van der Waals surface area contributed by atoms with E-state index in [-0.39, 0.29) is 0 Å². The molecule has 0 saturated carbocycles. The van der Waals surface area contributed by atoms with Crippen LogP contribution in [0.3, 0.4) is 0 Å². The van der Waals surface area contributed by atoms with E-state index in [0.29, 0.717) is 0 Å². The van der Waals surface area contributed by atoms with Crippen LogP contribution in [0.25, 0.3) is 51.1 Å². The van der Waals surface area contributed by atoms with Gasteiger partial charge in [-0.1, -0.05) is 12.1 Å². The fraction of sp³-hybridized carbons (Fsp3) is 0. The lowest BCUT2D eigenvalue weighted by atomic mass is 10.0. The summed E-state index contributed by atoms with van der Waals surface area (Å²) in [6, 6.07) is 9.26. The lowest BCUT2D eigenvalue weighted by Crippen LogP contribution is -1.75. The maximum Gasteiger partial charge on any atom is 0.0462 e. The monoisotopic (exact) mass is 352 g/mol. The number of rotatable bonds is 0. The lowest BCUT2D eigenvalue weighted by Gasteiger charge is -2.02. The topological polar surface area (TPSA) is 0 Å². The number of hydrogen-bond acceptors (Lipinski definition) is 4. The zero-order valence-electron chi connectivity index (χ0n) is 11.3. The Hall–Kier alpha value is -1.46. The van der Waals surface area contributed by atoms with Crippen molar-refractivity contribution >= 4 is 96.5 Å². The highest BCUT2D eigenvalue weighted by Crippen LogP contribution is 2.45. The van der Waals surface area contributed by atoms with Crippen LogP contribution in [-0.2, 0) is 0 Å². The molecule has 0 unspecified atom stereocenters. The molecule has 6 aromatic rings. The van der Waals surface area contributed by atoms with Crippen LogP contribution in [0.1, 0.15) is 0 Å². The second-order valence-electron chi connectivity index (χ2n) is 5.48. The number of fused-ring (bicyclic) bond motifs is 9. The van der Waals surface area contributed by atoms with E-state index in [1.165, 1.54) is 51.1 Å². The molecule has 0 aliphatic carbocycles. The Morgan fingerprint density at radius 2 is 0.955 bits per heavy atom. The minimum absolute atomic E-state index is 1.40. The van der Waals surface area contributed by atoms with Gasteiger partial charge in [-0.3, -0.25) is 0 Å². The van der Waals surface area contributed by atoms with Crippen molar-refractivity contribution in [1.82, 2.24) is 0 Å². The Bertz CT molecular complexity index is 1220. The van der Waals surface area contributed by atoms with Crippen LogP contribution in [0.15, 0.2) is 45.8 Å². The van der Waals surface area contributed by atoms with Gasteiger partial charge in [-0.25, -0.2) is 0 Å². The van der Waals surface area contributed by atoms with Crippen molar-refractivity contribution in [3.05, 3.63) is 45.8 Å². The van der Waals surface area contributed by atoms with E-state index >= 15 is 0 Å². The largest absolute Gasteiger partial charge is 0.150 e. The molecule has 0 N–H and O–H groups in total. The van der Waals surface area contributed by atoms with Crippen molar-refractivity contribution in [2.75, 3.05) is 0 Å². The summed E-state index contributed by atoms with van der Waals surface area (Å²) < 4.78 is 5.64. The minimum atomic E-state index is 1.40. The molecule has 22 heavy (non-hydrogen) atoms. The molecule has 0 spiro atoms. The third kappa shape index (κ3) is 1.37. The van der Waals surface area contributed by atoms with Crippen LogP contribution >= 0.6 is 45.3 Å². The van der Waals surface area contributed by atoms with E-state index in [2.05, 4.69) is 45.8 Å². The van der Waals surface area contributed by atoms with Crippen molar-refractivity contribution in [3.8, 4) is 0 Å². The third-order valence-corrected chi connectivity index (χ3v) is 8.38. The Labute approximate surface area is 141 Å². The third-order valence-electron chi connectivity index (χ3n) is 4.36. The summed E-state index contributed by atoms with van der Waals surface area (Å²) in [6.45, 7) is 0. The summed E-state index contributed by atoms with van der Waals surface area (Å²) in [5.74, 6) is 0. The predicted molar refractivity (Wildman–Crippen MR) is 105 cm³/mol. The Morgan fingerprint density at radius 3 is 1.45 bits per heavy atom. The van der Waals surface area contributed by atoms with Gasteiger partial charge in [0.15, 0.2) is 0 Å². The molecule has 0 aliphatic rings. The van der Waals surface area contributed by atoms with Crippen molar-refractivity contribution in [2.24, 2.45) is 0 Å². The average Bonchev–Trinajstić information content (AvgIpc) is 3.25. The molecule has 6 rings (SSSR count). The van der Waals surface area contributed by atoms with Gasteiger partial charge < -0.3 is 0 Å². The first-order valence-electron chi connectivity index (χ1n) is 6.99. The van der Waals surface area contributed by atoms with Crippen molar-refractivity contribution < 1.29 is 0 Å². The Morgan fingerprint density at radius 1 is 0.455 bits per heavy atom. The zero-order chi connectivity index (χ0) is 14.3. The lowest BCUT2D eigenvalue weighted by molar-refractivity contribution is 1.96. The van der Waals surface area contributed by atoms with E-state index < -0.39 is 0 Å². The summed E-state index contributed by atoms with van der Waals surface area (Å²) in [7, 11) is 0. The molecule has 4 heteroatoms. The molecular weight excluding hydrogens is 344 g/mol. The average molecular weight is 353 g/mol. The zero-order valence-corrected chi connectivity index (χ0v) is 14.5. The minimum Gasteiger partial charge on any atom is -0.150 e. The summed E-state index contributed by atoms with van der Waals surface area (Å²) in [5, 5.41) is 17.7. The molecule has 0 radical (unpaired) electrons. The fourth-order valence-corrected chi connectivity index (χ4v) is 7.62. The van der Waals surface area contributed by atoms with Crippen molar-refractivity contribution in [2.45, 2.75) is 0 Å². The van der Waals surface area contributed by atoms with Gasteiger partial charge >= 0.3 is 0 Å². The highest BCUT2D eigenvalue weighted by molar-refractivity contribution is 7.29. The van der Waals surface area contributed by atoms with E-state index in [1.54, 1.807) is 22.7 Å². The molecule has 4 heterocycles. The van der Waals surface area contributed by atoms with Gasteiger partial charge in [0.05, 0.1) is 0 Å². The van der Waals surface area contributed by atoms with Crippen LogP contribution in [0.2, 0.25) is 0 Å². The quantitative estimate of drug-likeness (QED) is 0.263. The molecule has 0 fully saturated rings. The second kappa shape index (κ2) is 4.09. The fourth-order valence-electron chi connectivity index (χ4n) is 3.42. The highest BCUT2D eigenvalue weighted by atomic mass is 32.1. The van der Waals surface area contributed by atoms with E-state index in [0.717, 1.165) is 0 Å². The molecular formula is C18H8S4. The van der Waals surface area contributed by atoms with Gasteiger partial charge in [-0.15, -0.1) is 22.7 Å². The predicted octanol–water partition coefficient (Wildman–Crippen LogP) is 7.70. The standard InChI is InChI=1S/C18H8S4/c1-3-13-18(12-6-20-8-16(12)21-13)10-2-4-14-17(9(1)10)11-5-19-7-15(11)22-14/h1-8H. The Kier molecular flexibility index (Phi) is 2.23. The first kappa shape index (κ1) is 12.0. The first-order valence-corrected chi connectivity index (χ1v) is 10.5. The van der Waals surface area contributed by atoms with E-state index in [9.17, 15) is 0 Å². The highest BCUT2D eigenvalue weighted by Gasteiger charge is 2.14. The normalized spacial score (nSPS) is 12.5. The van der Waals surface area contributed by atoms with Crippen LogP contribution in [0.5, 0.6) is 0 Å². The molecule has 0 amide bonds. The molecule has 104 valence electrons. The van der Waals surface area contributed by atoms with Crippen LogP contribution < -0.4 is 0 Å². The van der Waals surface area contributed by atoms with Crippen molar-refractivity contribution in [3.63, 3.8) is 0 Å². The summed E-state index contributed by atoms with van der Waals surface area (Å²) in [5.41, 5.74) is 0. The molecule has 0 atom stereocenters. The van der Waals surface area contributed by atoms with Gasteiger partial charge in [0.1, 0.15) is 0 Å². The molecule has 0 nitrogen and oxygen atoms in total. The van der Waals surface area contributed by atoms with Gasteiger partial charge in [-0.05, 0) is 22.9 Å². The SMILES string of the molecule is c1scc2c1sc1ccc3c(ccc4sc5cscc5c43)c12. The van der Waals surface area contributed by atoms with Crippen LogP contribution in [0.4, 0.5) is 0 Å². The molecule has 0 bridgehead atoms. The summed E-state index contributed by atoms with van der Waals surface area (Å²) in [4.78, 5) is 0. The number of benzene rings is 2. The summed E-state index contributed by atoms with van der Waals surface area (Å²) >= 11 is 7.43. The number of hydrogen-bond donors (Lipinski definition) is 0. The first-order chi connectivity index (χ1) is 10.9. The molecule has 0 saturated heterocycles. The van der Waals surface area contributed by atoms with Gasteiger partial charge in [0.2, 0.25) is 0 Å². The molecule has 4 aromatic heterocycles. The maximum absolute atomic E-state index is 2.32. The molecule has 2 aromatic carbocycles. The molecule has 0 aliphatic heterocycles. The Balaban J connectivity index is 1.98. The van der Waals surface area contributed by atoms with E-state index in [4.69, 9.17) is 0 Å². The van der Waals surface area contributed by atoms with E-state index in [1.807, 2.05) is 22.7 Å². The maximum atomic E-state index is 2.32. The van der Waals surface area contributed by atoms with Gasteiger partial charge in [-0.2, -0.15) is 22.7 Å². The number of thiophene rings is 4.